The molecule has 0 saturated heterocycles. The number of unbranched alkanes of at least 4 members (excludes halogenated alkanes) is 1. The van der Waals surface area contributed by atoms with E-state index in [1.807, 2.05) is 24.3 Å². The standard InChI is InChI=1S/C26H35ClN3O5.C2H6O.K/c1-19(26(33)30-22(18-32)6-5-14-31)29-24-12-9-21(27)16-25(24)35-15-4-3-13-28-17-20-7-10-23(34-2)11-8-20;1-3-2;/h7-12,14,16,19,22,28,32H,3-6,13,15,17-18H2,1-2H3,(H,30,33);1-2H3;/q-1;;+1/t19-,22?;;/m1../s1. The third-order valence-corrected chi connectivity index (χ3v) is 5.56. The van der Waals surface area contributed by atoms with Gasteiger partial charge in [0, 0.05) is 32.2 Å². The summed E-state index contributed by atoms with van der Waals surface area (Å²) in [6.45, 7) is 3.56. The Morgan fingerprint density at radius 2 is 1.82 bits per heavy atom. The van der Waals surface area contributed by atoms with E-state index in [0.717, 1.165) is 38.0 Å². The van der Waals surface area contributed by atoms with Gasteiger partial charge in [0.25, 0.3) is 0 Å². The average Bonchev–Trinajstić information content (AvgIpc) is 2.92. The molecule has 0 aliphatic rings. The van der Waals surface area contributed by atoms with Crippen molar-refractivity contribution in [2.75, 3.05) is 41.1 Å². The number of aliphatic hydroxyl groups excluding tert-OH is 1. The van der Waals surface area contributed by atoms with E-state index in [9.17, 15) is 14.7 Å². The Balaban J connectivity index is 0.00000344. The zero-order valence-electron chi connectivity index (χ0n) is 23.7. The molecule has 2 aromatic rings. The van der Waals surface area contributed by atoms with Gasteiger partial charge in [0.2, 0.25) is 5.91 Å². The molecule has 1 unspecified atom stereocenters. The first-order valence-electron chi connectivity index (χ1n) is 12.6. The molecule has 9 nitrogen and oxygen atoms in total. The first-order valence-corrected chi connectivity index (χ1v) is 13.0. The minimum absolute atomic E-state index is 0. The Bertz CT molecular complexity index is 936. The fourth-order valence-electron chi connectivity index (χ4n) is 3.29. The number of nitrogens with one attached hydrogen (secondary N) is 2. The molecule has 0 bridgehead atoms. The molecule has 0 aliphatic heterocycles. The van der Waals surface area contributed by atoms with Crippen LogP contribution in [-0.2, 0) is 20.9 Å². The van der Waals surface area contributed by atoms with Crippen LogP contribution in [0, 0.1) is 0 Å². The van der Waals surface area contributed by atoms with Crippen molar-refractivity contribution in [1.82, 2.24) is 10.6 Å². The Hall–Kier alpha value is -1.21. The molecule has 2 aromatic carbocycles. The van der Waals surface area contributed by atoms with Crippen molar-refractivity contribution < 1.29 is 80.3 Å². The smallest absolute Gasteiger partial charge is 0.671 e. The van der Waals surface area contributed by atoms with E-state index in [2.05, 4.69) is 20.7 Å². The summed E-state index contributed by atoms with van der Waals surface area (Å²) in [5.74, 6) is 1.03. The van der Waals surface area contributed by atoms with Crippen LogP contribution in [0.1, 0.15) is 38.2 Å². The van der Waals surface area contributed by atoms with E-state index in [-0.39, 0.29) is 70.3 Å². The van der Waals surface area contributed by atoms with Gasteiger partial charge in [-0.15, -0.1) is 0 Å². The second-order valence-electron chi connectivity index (χ2n) is 8.54. The largest absolute Gasteiger partial charge is 1.00 e. The second-order valence-corrected chi connectivity index (χ2v) is 8.97. The fraction of sp³-hybridized carbons (Fsp3) is 0.500. The van der Waals surface area contributed by atoms with E-state index in [1.165, 1.54) is 5.56 Å². The van der Waals surface area contributed by atoms with E-state index < -0.39 is 12.1 Å². The van der Waals surface area contributed by atoms with Gasteiger partial charge in [0.05, 0.1) is 26.4 Å². The predicted octanol–water partition coefficient (Wildman–Crippen LogP) is 1.41. The van der Waals surface area contributed by atoms with Gasteiger partial charge in [-0.05, 0) is 61.7 Å². The molecule has 2 rings (SSSR count). The summed E-state index contributed by atoms with van der Waals surface area (Å²) in [5, 5.41) is 20.5. The number of hydrogen-bond acceptors (Lipinski definition) is 7. The van der Waals surface area contributed by atoms with Gasteiger partial charge in [-0.3, -0.25) is 4.79 Å². The van der Waals surface area contributed by atoms with E-state index in [4.69, 9.17) is 21.1 Å². The molecule has 11 heteroatoms. The summed E-state index contributed by atoms with van der Waals surface area (Å²) in [6, 6.07) is 11.9. The molecule has 39 heavy (non-hydrogen) atoms. The molecule has 0 aliphatic carbocycles. The Labute approximate surface area is 280 Å². The van der Waals surface area contributed by atoms with Crippen LogP contribution in [0.3, 0.4) is 0 Å². The number of nitrogens with zero attached hydrogens (tertiary/aromatic N) is 1. The third-order valence-electron chi connectivity index (χ3n) is 5.33. The van der Waals surface area contributed by atoms with Crippen LogP contribution < -0.4 is 71.5 Å². The van der Waals surface area contributed by atoms with Crippen LogP contribution in [0.15, 0.2) is 42.5 Å². The number of carbonyl (C=O) groups is 2. The zero-order chi connectivity index (χ0) is 28.2. The maximum Gasteiger partial charge on any atom is 1.00 e. The van der Waals surface area contributed by atoms with Gasteiger partial charge in [0.15, 0.2) is 0 Å². The molecule has 1 amide bonds. The molecule has 212 valence electrons. The average molecular weight is 590 g/mol. The molecule has 0 heterocycles. The summed E-state index contributed by atoms with van der Waals surface area (Å²) in [6.07, 6.45) is 3.18. The van der Waals surface area contributed by atoms with Gasteiger partial charge in [-0.2, -0.15) is 0 Å². The summed E-state index contributed by atoms with van der Waals surface area (Å²) < 4.78 is 15.3. The van der Waals surface area contributed by atoms with Crippen molar-refractivity contribution in [3.63, 3.8) is 0 Å². The molecular formula is C28H41ClKN3O6. The first-order chi connectivity index (χ1) is 18.4. The molecule has 0 fully saturated rings. The number of aldehydes is 1. The maximum atomic E-state index is 12.5. The monoisotopic (exact) mass is 589 g/mol. The number of methoxy groups -OCH3 is 2. The van der Waals surface area contributed by atoms with Crippen molar-refractivity contribution in [1.29, 1.82) is 0 Å². The Morgan fingerprint density at radius 3 is 2.44 bits per heavy atom. The normalized spacial score (nSPS) is 11.6. The summed E-state index contributed by atoms with van der Waals surface area (Å²) in [4.78, 5) is 23.0. The topological polar surface area (TPSA) is 120 Å². The first kappa shape index (κ1) is 37.8. The van der Waals surface area contributed by atoms with Crippen LogP contribution in [0.5, 0.6) is 11.5 Å². The van der Waals surface area contributed by atoms with Crippen LogP contribution in [0.4, 0.5) is 5.69 Å². The molecule has 0 aromatic heterocycles. The summed E-state index contributed by atoms with van der Waals surface area (Å²) in [5.41, 5.74) is 1.72. The predicted molar refractivity (Wildman–Crippen MR) is 151 cm³/mol. The number of amides is 1. The van der Waals surface area contributed by atoms with Gasteiger partial charge in [0.1, 0.15) is 17.8 Å². The van der Waals surface area contributed by atoms with Gasteiger partial charge in [-0.1, -0.05) is 42.4 Å². The van der Waals surface area contributed by atoms with Crippen molar-refractivity contribution >= 4 is 29.5 Å². The van der Waals surface area contributed by atoms with Crippen LogP contribution in [-0.4, -0.2) is 70.5 Å². The molecular weight excluding hydrogens is 549 g/mol. The molecule has 0 saturated carbocycles. The van der Waals surface area contributed by atoms with Crippen molar-refractivity contribution in [2.45, 2.75) is 51.2 Å². The number of benzene rings is 2. The Kier molecular flexibility index (Phi) is 22.8. The number of hydrogen-bond donors (Lipinski definition) is 3. The molecule has 0 radical (unpaired) electrons. The van der Waals surface area contributed by atoms with Crippen molar-refractivity contribution in [2.24, 2.45) is 0 Å². The number of ether oxygens (including phenoxy) is 3. The maximum absolute atomic E-state index is 12.5. The van der Waals surface area contributed by atoms with Crippen LogP contribution >= 0.6 is 11.6 Å². The number of rotatable bonds is 17. The van der Waals surface area contributed by atoms with Crippen molar-refractivity contribution in [3.8, 4) is 11.5 Å². The number of aliphatic hydroxyl groups is 1. The minimum Gasteiger partial charge on any atom is -0.671 e. The number of halogens is 1. The minimum atomic E-state index is -0.703. The van der Waals surface area contributed by atoms with E-state index >= 15 is 0 Å². The van der Waals surface area contributed by atoms with E-state index in [0.29, 0.717) is 29.5 Å². The molecule has 2 atom stereocenters. The molecule has 0 spiro atoms. The van der Waals surface area contributed by atoms with Gasteiger partial charge >= 0.3 is 51.4 Å². The second kappa shape index (κ2) is 23.5. The van der Waals surface area contributed by atoms with Gasteiger partial charge in [-0.25, -0.2) is 0 Å². The van der Waals surface area contributed by atoms with Crippen LogP contribution in [0.2, 0.25) is 5.02 Å². The van der Waals surface area contributed by atoms with Crippen LogP contribution in [0.25, 0.3) is 5.32 Å². The van der Waals surface area contributed by atoms with Gasteiger partial charge < -0.3 is 40.1 Å². The quantitative estimate of drug-likeness (QED) is 0.145. The third kappa shape index (κ3) is 16.6. The van der Waals surface area contributed by atoms with E-state index in [1.54, 1.807) is 46.5 Å². The SMILES string of the molecule is COC.COc1ccc(CNCCCCOc2cc(Cl)ccc2[N-][C@H](C)C(=O)NC(CO)CCC=O)cc1.[K+]. The zero-order valence-corrected chi connectivity index (χ0v) is 27.6. The fourth-order valence-corrected chi connectivity index (χ4v) is 3.45. The summed E-state index contributed by atoms with van der Waals surface area (Å²) >= 11 is 6.14. The number of carbonyl (C=O) groups excluding carboxylic acids is 2. The summed E-state index contributed by atoms with van der Waals surface area (Å²) in [7, 11) is 4.90. The molecule has 3 N–H and O–H groups in total. The van der Waals surface area contributed by atoms with Crippen molar-refractivity contribution in [3.05, 3.63) is 58.4 Å². The Morgan fingerprint density at radius 1 is 1.13 bits per heavy atom.